The molecule has 0 aromatic heterocycles. The lowest BCUT2D eigenvalue weighted by molar-refractivity contribution is -0.173. The van der Waals surface area contributed by atoms with Gasteiger partial charge in [-0.25, -0.2) is 4.79 Å². The monoisotopic (exact) mass is 322 g/mol. The predicted octanol–water partition coefficient (Wildman–Crippen LogP) is 4.65. The summed E-state index contributed by atoms with van der Waals surface area (Å²) in [6.07, 6.45) is -4.48. The number of ether oxygens (including phenoxy) is 1. The van der Waals surface area contributed by atoms with Gasteiger partial charge in [0.25, 0.3) is 0 Å². The fourth-order valence-electron chi connectivity index (χ4n) is 2.44. The van der Waals surface area contributed by atoms with E-state index in [0.717, 1.165) is 12.5 Å². The Balaban J connectivity index is 2.55. The molecule has 1 unspecified atom stereocenters. The third-order valence-corrected chi connectivity index (χ3v) is 4.08. The number of carbonyl (C=O) groups is 1. The largest absolute Gasteiger partial charge is 0.465 e. The Morgan fingerprint density at radius 3 is 1.74 bits per heavy atom. The molecule has 2 nitrogen and oxygen atoms in total. The summed E-state index contributed by atoms with van der Waals surface area (Å²) in [5.41, 5.74) is -0.832. The maximum atomic E-state index is 13.8. The third-order valence-electron chi connectivity index (χ3n) is 4.08. The fourth-order valence-corrected chi connectivity index (χ4v) is 2.44. The molecular formula is C18H17F3O2. The van der Waals surface area contributed by atoms with E-state index in [1.54, 1.807) is 12.1 Å². The molecule has 0 aliphatic rings. The van der Waals surface area contributed by atoms with Gasteiger partial charge in [0.15, 0.2) is 0 Å². The van der Waals surface area contributed by atoms with Crippen molar-refractivity contribution in [3.63, 3.8) is 0 Å². The fraction of sp³-hybridized carbons (Fsp3) is 0.278. The molecule has 2 aromatic rings. The van der Waals surface area contributed by atoms with Crippen molar-refractivity contribution in [1.82, 2.24) is 0 Å². The number of methoxy groups -OCH3 is 1. The van der Waals surface area contributed by atoms with Crippen LogP contribution >= 0.6 is 0 Å². The van der Waals surface area contributed by atoms with Gasteiger partial charge < -0.3 is 4.74 Å². The molecule has 23 heavy (non-hydrogen) atoms. The van der Waals surface area contributed by atoms with Gasteiger partial charge in [-0.2, -0.15) is 13.2 Å². The number of hydrogen-bond acceptors (Lipinski definition) is 2. The molecule has 2 aromatic carbocycles. The highest BCUT2D eigenvalue weighted by atomic mass is 19.4. The second-order valence-electron chi connectivity index (χ2n) is 5.56. The minimum absolute atomic E-state index is 0.0708. The van der Waals surface area contributed by atoms with Crippen molar-refractivity contribution >= 4 is 5.97 Å². The van der Waals surface area contributed by atoms with Gasteiger partial charge in [-0.3, -0.25) is 0 Å². The first-order valence-corrected chi connectivity index (χ1v) is 7.03. The summed E-state index contributed by atoms with van der Waals surface area (Å²) in [4.78, 5) is 11.4. The zero-order valence-corrected chi connectivity index (χ0v) is 13.1. The quantitative estimate of drug-likeness (QED) is 0.769. The van der Waals surface area contributed by atoms with E-state index in [2.05, 4.69) is 4.74 Å². The molecule has 5 heteroatoms. The number of carbonyl (C=O) groups excluding carboxylic acids is 1. The minimum Gasteiger partial charge on any atom is -0.465 e. The highest BCUT2D eigenvalue weighted by Crippen LogP contribution is 2.46. The number of halogens is 3. The molecule has 0 heterocycles. The van der Waals surface area contributed by atoms with Crippen molar-refractivity contribution in [2.24, 2.45) is 0 Å². The van der Waals surface area contributed by atoms with E-state index in [-0.39, 0.29) is 16.7 Å². The van der Waals surface area contributed by atoms with Crippen LogP contribution in [0.5, 0.6) is 0 Å². The Morgan fingerprint density at radius 1 is 0.913 bits per heavy atom. The van der Waals surface area contributed by atoms with Crippen molar-refractivity contribution in [3.05, 3.63) is 70.8 Å². The molecule has 0 saturated carbocycles. The maximum Gasteiger partial charge on any atom is 0.402 e. The summed E-state index contributed by atoms with van der Waals surface area (Å²) < 4.78 is 46.0. The number of aryl methyl sites for hydroxylation is 1. The summed E-state index contributed by atoms with van der Waals surface area (Å²) in [6, 6.07) is 11.6. The normalized spacial score (nSPS) is 14.2. The SMILES string of the molecule is COC(=O)c1ccc(C(C)(c2ccc(C)cc2)C(F)(F)F)cc1. The van der Waals surface area contributed by atoms with E-state index >= 15 is 0 Å². The van der Waals surface area contributed by atoms with Gasteiger partial charge in [-0.05, 0) is 37.1 Å². The van der Waals surface area contributed by atoms with Crippen molar-refractivity contribution in [2.75, 3.05) is 7.11 Å². The molecule has 0 radical (unpaired) electrons. The molecule has 2 rings (SSSR count). The van der Waals surface area contributed by atoms with Gasteiger partial charge in [0.1, 0.15) is 5.41 Å². The Morgan fingerprint density at radius 2 is 1.35 bits per heavy atom. The van der Waals surface area contributed by atoms with E-state index in [4.69, 9.17) is 0 Å². The minimum atomic E-state index is -4.48. The van der Waals surface area contributed by atoms with Gasteiger partial charge in [0.2, 0.25) is 0 Å². The molecule has 0 aliphatic carbocycles. The van der Waals surface area contributed by atoms with Crippen molar-refractivity contribution in [2.45, 2.75) is 25.4 Å². The Kier molecular flexibility index (Phi) is 4.50. The van der Waals surface area contributed by atoms with E-state index in [0.29, 0.717) is 0 Å². The second-order valence-corrected chi connectivity index (χ2v) is 5.56. The molecule has 0 fully saturated rings. The highest BCUT2D eigenvalue weighted by Gasteiger charge is 2.53. The number of alkyl halides is 3. The number of rotatable bonds is 3. The maximum absolute atomic E-state index is 13.8. The van der Waals surface area contributed by atoms with Crippen molar-refractivity contribution < 1.29 is 22.7 Å². The standard InChI is InChI=1S/C18H17F3O2/c1-12-4-8-14(9-5-12)17(2,18(19,20)21)15-10-6-13(7-11-15)16(22)23-3/h4-11H,1-3H3. The van der Waals surface area contributed by atoms with E-state index in [1.807, 2.05) is 6.92 Å². The lowest BCUT2D eigenvalue weighted by Gasteiger charge is -2.33. The van der Waals surface area contributed by atoms with Crippen LogP contribution < -0.4 is 0 Å². The summed E-state index contributed by atoms with van der Waals surface area (Å²) in [5, 5.41) is 0. The summed E-state index contributed by atoms with van der Waals surface area (Å²) >= 11 is 0. The lowest BCUT2D eigenvalue weighted by atomic mass is 9.75. The third kappa shape index (κ3) is 3.09. The van der Waals surface area contributed by atoms with Crippen LogP contribution in [0.4, 0.5) is 13.2 Å². The average molecular weight is 322 g/mol. The van der Waals surface area contributed by atoms with Crippen LogP contribution in [0.1, 0.15) is 34.0 Å². The van der Waals surface area contributed by atoms with E-state index in [1.165, 1.54) is 43.5 Å². The number of benzene rings is 2. The first-order valence-electron chi connectivity index (χ1n) is 7.03. The summed E-state index contributed by atoms with van der Waals surface area (Å²) in [7, 11) is 1.22. The number of hydrogen-bond donors (Lipinski definition) is 0. The first-order chi connectivity index (χ1) is 10.7. The summed E-state index contributed by atoms with van der Waals surface area (Å²) in [6.45, 7) is 2.96. The van der Waals surface area contributed by atoms with E-state index < -0.39 is 17.6 Å². The molecule has 1 atom stereocenters. The lowest BCUT2D eigenvalue weighted by Crippen LogP contribution is -2.40. The Hall–Kier alpha value is -2.30. The van der Waals surface area contributed by atoms with Crippen molar-refractivity contribution in [1.29, 1.82) is 0 Å². The molecule has 0 bridgehead atoms. The van der Waals surface area contributed by atoms with Crippen LogP contribution in [-0.4, -0.2) is 19.3 Å². The smallest absolute Gasteiger partial charge is 0.402 e. The predicted molar refractivity (Wildman–Crippen MR) is 81.5 cm³/mol. The van der Waals surface area contributed by atoms with Gasteiger partial charge in [-0.15, -0.1) is 0 Å². The van der Waals surface area contributed by atoms with Crippen LogP contribution in [0.25, 0.3) is 0 Å². The summed E-state index contributed by atoms with van der Waals surface area (Å²) in [5.74, 6) is -0.583. The molecular weight excluding hydrogens is 305 g/mol. The van der Waals surface area contributed by atoms with Gasteiger partial charge in [-0.1, -0.05) is 42.0 Å². The molecule has 122 valence electrons. The van der Waals surface area contributed by atoms with E-state index in [9.17, 15) is 18.0 Å². The number of esters is 1. The van der Waals surface area contributed by atoms with Crippen molar-refractivity contribution in [3.8, 4) is 0 Å². The molecule has 0 N–H and O–H groups in total. The van der Waals surface area contributed by atoms with Gasteiger partial charge in [0.05, 0.1) is 12.7 Å². The first kappa shape index (κ1) is 17.1. The second kappa shape index (κ2) is 6.07. The van der Waals surface area contributed by atoms with Crippen LogP contribution in [0, 0.1) is 6.92 Å². The topological polar surface area (TPSA) is 26.3 Å². The highest BCUT2D eigenvalue weighted by molar-refractivity contribution is 5.89. The molecule has 0 saturated heterocycles. The van der Waals surface area contributed by atoms with Crippen LogP contribution in [0.15, 0.2) is 48.5 Å². The average Bonchev–Trinajstić information content (AvgIpc) is 2.53. The van der Waals surface area contributed by atoms with Gasteiger partial charge >= 0.3 is 12.1 Å². The molecule has 0 aliphatic heterocycles. The van der Waals surface area contributed by atoms with Crippen LogP contribution in [0.3, 0.4) is 0 Å². The zero-order chi connectivity index (χ0) is 17.3. The van der Waals surface area contributed by atoms with Gasteiger partial charge in [0, 0.05) is 0 Å². The zero-order valence-electron chi connectivity index (χ0n) is 13.1. The molecule has 0 amide bonds. The molecule has 0 spiro atoms. The van der Waals surface area contributed by atoms with Crippen LogP contribution in [0.2, 0.25) is 0 Å². The Labute approximate surface area is 132 Å². The van der Waals surface area contributed by atoms with Crippen LogP contribution in [-0.2, 0) is 10.2 Å². The Bertz CT molecular complexity index is 688.